The highest BCUT2D eigenvalue weighted by atomic mass is 16.1. The van der Waals surface area contributed by atoms with Crippen LogP contribution >= 0.6 is 0 Å². The number of unbranched alkanes of at least 4 members (excludes halogenated alkanes) is 2. The van der Waals surface area contributed by atoms with Crippen LogP contribution < -0.4 is 14.7 Å². The fourth-order valence-corrected chi connectivity index (χ4v) is 20.4. The van der Waals surface area contributed by atoms with Gasteiger partial charge in [0.1, 0.15) is 18.9 Å². The molecule has 0 aromatic heterocycles. The summed E-state index contributed by atoms with van der Waals surface area (Å²) in [5.74, 6) is 1.09. The van der Waals surface area contributed by atoms with Gasteiger partial charge in [-0.3, -0.25) is 14.4 Å². The van der Waals surface area contributed by atoms with E-state index in [0.29, 0.717) is 29.5 Å². The number of benzene rings is 11. The minimum Gasteiger partial charge on any atom is -0.338 e. The Kier molecular flexibility index (Phi) is 16.5. The van der Waals surface area contributed by atoms with Crippen molar-refractivity contribution in [1.82, 2.24) is 0 Å². The molecular formula is C97H93N3O3. The zero-order valence-corrected chi connectivity index (χ0v) is 61.0. The topological polar surface area (TPSA) is 60.9 Å². The smallest absolute Gasteiger partial charge is 0.150 e. The van der Waals surface area contributed by atoms with Gasteiger partial charge in [-0.15, -0.1) is 0 Å². The molecule has 6 nitrogen and oxygen atoms in total. The number of aldehydes is 3. The Balaban J connectivity index is 0.000000116. The third kappa shape index (κ3) is 10.5. The van der Waals surface area contributed by atoms with Crippen LogP contribution in [0.4, 0.5) is 39.8 Å². The summed E-state index contributed by atoms with van der Waals surface area (Å²) < 4.78 is 0. The number of rotatable bonds is 14. The first kappa shape index (κ1) is 66.1. The highest BCUT2D eigenvalue weighted by Gasteiger charge is 2.48. The van der Waals surface area contributed by atoms with Crippen molar-refractivity contribution in [3.8, 4) is 44.5 Å². The van der Waals surface area contributed by atoms with E-state index in [2.05, 4.69) is 264 Å². The van der Waals surface area contributed by atoms with E-state index in [1.54, 1.807) is 11.1 Å². The number of fused-ring (bicyclic) bond motifs is 18. The Hall–Kier alpha value is -10.2. The average molecular weight is 1350 g/mol. The van der Waals surface area contributed by atoms with Crippen LogP contribution in [0.25, 0.3) is 44.5 Å². The van der Waals surface area contributed by atoms with Crippen LogP contribution in [0, 0.1) is 0 Å². The molecule has 2 fully saturated rings. The summed E-state index contributed by atoms with van der Waals surface area (Å²) in [5, 5.41) is 0. The van der Waals surface area contributed by atoms with Gasteiger partial charge in [-0.05, 0) is 248 Å². The standard InChI is InChI=1S/C37H31NO.C33H37NO.C27H25NO/c1-36(2)32-11-7-5-9-28(32)30-19-17-26(21-34(30)36)38(25-15-13-24(23-39)14-16-25)27-18-20-31-29-10-6-8-12-33(29)37(3,4)35(31)22-27;1-3-5-18-33(19-6-4-2)29-12-8-7-10-25(29)26-16-15-24(21-30(26)33)34-31-13-9-11-27(31)28-20-23(22-35)14-17-32(28)34;1-27(2)23-8-4-3-6-19(23)20-12-11-18(15-24(20)27)28-25-9-5-7-21(25)22-14-17(16-29)10-13-26(22)28/h5-23H,1-4H3;7-8,10,12,14-17,20-22,27,31H,3-6,9,11,13,18-19H2,1-2H3;3-4,6,8,10-16,21,25H,5,7,9H2,1-2H3. The quantitative estimate of drug-likeness (QED) is 0.101. The maximum Gasteiger partial charge on any atom is 0.150 e. The van der Waals surface area contributed by atoms with Crippen LogP contribution in [0.1, 0.15) is 231 Å². The van der Waals surface area contributed by atoms with Crippen molar-refractivity contribution in [1.29, 1.82) is 0 Å². The van der Waals surface area contributed by atoms with Gasteiger partial charge in [0, 0.05) is 102 Å². The van der Waals surface area contributed by atoms with E-state index < -0.39 is 0 Å². The second kappa shape index (κ2) is 25.7. The minimum absolute atomic E-state index is 0.0148. The van der Waals surface area contributed by atoms with Crippen molar-refractivity contribution in [2.75, 3.05) is 14.7 Å². The van der Waals surface area contributed by atoms with Gasteiger partial charge in [0.05, 0.1) is 0 Å². The second-order valence-corrected chi connectivity index (χ2v) is 32.1. The van der Waals surface area contributed by atoms with Crippen molar-refractivity contribution >= 4 is 58.7 Å². The molecule has 4 unspecified atom stereocenters. The number of anilines is 7. The number of carbonyl (C=O) groups excluding carboxylic acids is 3. The molecule has 0 saturated heterocycles. The Morgan fingerprint density at radius 2 is 0.699 bits per heavy atom. The molecule has 4 atom stereocenters. The van der Waals surface area contributed by atoms with Gasteiger partial charge in [-0.25, -0.2) is 0 Å². The van der Waals surface area contributed by atoms with Gasteiger partial charge in [-0.2, -0.15) is 0 Å². The van der Waals surface area contributed by atoms with Gasteiger partial charge in [0.25, 0.3) is 0 Å². The molecule has 0 radical (unpaired) electrons. The van der Waals surface area contributed by atoms with Gasteiger partial charge in [0.2, 0.25) is 0 Å². The second-order valence-electron chi connectivity index (χ2n) is 32.1. The molecule has 19 rings (SSSR count). The molecule has 2 heterocycles. The molecule has 103 heavy (non-hydrogen) atoms. The number of hydrogen-bond donors (Lipinski definition) is 0. The fraction of sp³-hybridized carbons (Fsp3) is 0.289. The van der Waals surface area contributed by atoms with E-state index in [1.165, 1.54) is 189 Å². The first-order valence-electron chi connectivity index (χ1n) is 38.2. The lowest BCUT2D eigenvalue weighted by Gasteiger charge is -2.34. The summed E-state index contributed by atoms with van der Waals surface area (Å²) in [6.07, 6.45) is 17.7. The molecule has 8 aliphatic rings. The molecule has 0 N–H and O–H groups in total. The van der Waals surface area contributed by atoms with Crippen LogP contribution in [-0.4, -0.2) is 30.9 Å². The van der Waals surface area contributed by atoms with E-state index in [-0.39, 0.29) is 21.7 Å². The normalized spacial score (nSPS) is 19.3. The summed E-state index contributed by atoms with van der Waals surface area (Å²) in [6.45, 7) is 18.6. The average Bonchev–Trinajstić information content (AvgIpc) is 1.57. The predicted octanol–water partition coefficient (Wildman–Crippen LogP) is 25.1. The fourth-order valence-electron chi connectivity index (χ4n) is 20.4. The van der Waals surface area contributed by atoms with E-state index in [1.807, 2.05) is 36.4 Å². The van der Waals surface area contributed by atoms with Crippen molar-refractivity contribution in [3.05, 3.63) is 303 Å². The predicted molar refractivity (Wildman–Crippen MR) is 426 cm³/mol. The highest BCUT2D eigenvalue weighted by molar-refractivity contribution is 5.92. The third-order valence-electron chi connectivity index (χ3n) is 25.5. The Morgan fingerprint density at radius 1 is 0.350 bits per heavy atom. The van der Waals surface area contributed by atoms with Gasteiger partial charge < -0.3 is 14.7 Å². The third-order valence-corrected chi connectivity index (χ3v) is 25.5. The van der Waals surface area contributed by atoms with Crippen molar-refractivity contribution in [2.45, 2.75) is 178 Å². The Morgan fingerprint density at radius 3 is 1.13 bits per heavy atom. The first-order chi connectivity index (χ1) is 50.1. The van der Waals surface area contributed by atoms with Crippen LogP contribution in [0.3, 0.4) is 0 Å². The van der Waals surface area contributed by atoms with E-state index >= 15 is 0 Å². The maximum absolute atomic E-state index is 11.5. The summed E-state index contributed by atoms with van der Waals surface area (Å²) in [4.78, 5) is 41.8. The highest BCUT2D eigenvalue weighted by Crippen LogP contribution is 2.60. The van der Waals surface area contributed by atoms with E-state index in [0.717, 1.165) is 47.0 Å². The van der Waals surface area contributed by atoms with Gasteiger partial charge in [-0.1, -0.05) is 215 Å². The largest absolute Gasteiger partial charge is 0.338 e. The van der Waals surface area contributed by atoms with Crippen molar-refractivity contribution in [3.63, 3.8) is 0 Å². The molecule has 0 spiro atoms. The lowest BCUT2D eigenvalue weighted by atomic mass is 9.71. The summed E-state index contributed by atoms with van der Waals surface area (Å²) in [7, 11) is 0. The van der Waals surface area contributed by atoms with Crippen LogP contribution in [0.5, 0.6) is 0 Å². The molecule has 0 bridgehead atoms. The van der Waals surface area contributed by atoms with Crippen LogP contribution in [0.15, 0.2) is 231 Å². The SMILES string of the molecule is CC1(C)c2ccccc2-c2ccc(N(c3ccc(C=O)cc3)c3ccc4c(c3)C(C)(C)c3ccccc3-4)cc21.CC1(C)c2ccccc2-c2ccc(N3c4ccc(C=O)cc4C4CCCC43)cc21.CCCCC1(CCCC)c2ccccc2-c2ccc(N3c4ccc(C=O)cc4C4CCCC43)cc21. The van der Waals surface area contributed by atoms with Crippen molar-refractivity contribution < 1.29 is 14.4 Å². The Labute approximate surface area is 609 Å². The lowest BCUT2D eigenvalue weighted by molar-refractivity contribution is 0.111. The van der Waals surface area contributed by atoms with Gasteiger partial charge >= 0.3 is 0 Å². The molecule has 11 aromatic rings. The van der Waals surface area contributed by atoms with E-state index in [9.17, 15) is 14.4 Å². The molecule has 0 amide bonds. The van der Waals surface area contributed by atoms with E-state index in [4.69, 9.17) is 0 Å². The summed E-state index contributed by atoms with van der Waals surface area (Å²) in [6, 6.07) is 85.1. The molecule has 2 saturated carbocycles. The number of hydrogen-bond acceptors (Lipinski definition) is 6. The number of nitrogens with zero attached hydrogens (tertiary/aromatic N) is 3. The zero-order valence-electron chi connectivity index (χ0n) is 61.0. The lowest BCUT2D eigenvalue weighted by Crippen LogP contribution is -2.28. The van der Waals surface area contributed by atoms with Crippen LogP contribution in [0.2, 0.25) is 0 Å². The molecule has 6 aliphatic carbocycles. The molecule has 11 aromatic carbocycles. The maximum atomic E-state index is 11.5. The van der Waals surface area contributed by atoms with Crippen LogP contribution in [-0.2, 0) is 21.7 Å². The van der Waals surface area contributed by atoms with Crippen molar-refractivity contribution in [2.24, 2.45) is 0 Å². The summed E-state index contributed by atoms with van der Waals surface area (Å²) >= 11 is 0. The summed E-state index contributed by atoms with van der Waals surface area (Å²) in [5.41, 5.74) is 35.7. The molecule has 514 valence electrons. The Bertz CT molecular complexity index is 5090. The molecule has 6 heteroatoms. The van der Waals surface area contributed by atoms with Gasteiger partial charge in [0.15, 0.2) is 0 Å². The zero-order chi connectivity index (χ0) is 70.7. The molecular weight excluding hydrogens is 1260 g/mol. The monoisotopic (exact) mass is 1350 g/mol. The molecule has 2 aliphatic heterocycles. The number of carbonyl (C=O) groups is 3. The minimum atomic E-state index is -0.0868. The first-order valence-corrected chi connectivity index (χ1v) is 38.2.